The number of hydrogen-bond acceptors (Lipinski definition) is 5. The second-order valence-corrected chi connectivity index (χ2v) is 7.52. The van der Waals surface area contributed by atoms with Gasteiger partial charge in [0.05, 0.1) is 13.2 Å². The third-order valence-electron chi connectivity index (χ3n) is 4.58. The second-order valence-electron chi connectivity index (χ2n) is 7.52. The standard InChI is InChI=1S/C21H32N2O5/c1-5-28-21(4,14-16(2)3)20(25)22-17-6-8-18(9-7-17)27-15-19(24)23-10-12-26-13-11-23/h6-9,16H,5,10-15H2,1-4H3,(H,22,25). The molecular weight excluding hydrogens is 360 g/mol. The molecule has 7 nitrogen and oxygen atoms in total. The number of ether oxygens (including phenoxy) is 3. The third kappa shape index (κ3) is 6.49. The predicted molar refractivity (Wildman–Crippen MR) is 107 cm³/mol. The lowest BCUT2D eigenvalue weighted by atomic mass is 9.93. The van der Waals surface area contributed by atoms with Crippen molar-refractivity contribution in [2.75, 3.05) is 44.8 Å². The van der Waals surface area contributed by atoms with Gasteiger partial charge >= 0.3 is 0 Å². The molecule has 0 saturated carbocycles. The molecule has 7 heteroatoms. The summed E-state index contributed by atoms with van der Waals surface area (Å²) < 4.78 is 16.5. The molecular formula is C21H32N2O5. The Bertz CT molecular complexity index is 641. The zero-order valence-electron chi connectivity index (χ0n) is 17.3. The Labute approximate surface area is 167 Å². The van der Waals surface area contributed by atoms with Crippen molar-refractivity contribution in [1.29, 1.82) is 0 Å². The lowest BCUT2D eigenvalue weighted by Gasteiger charge is -2.29. The second kappa shape index (κ2) is 10.4. The molecule has 1 saturated heterocycles. The molecule has 1 aliphatic rings. The van der Waals surface area contributed by atoms with Crippen molar-refractivity contribution in [3.8, 4) is 5.75 Å². The first-order valence-electron chi connectivity index (χ1n) is 9.88. The van der Waals surface area contributed by atoms with Crippen molar-refractivity contribution < 1.29 is 23.8 Å². The van der Waals surface area contributed by atoms with Gasteiger partial charge in [0.1, 0.15) is 11.4 Å². The average Bonchev–Trinajstić information content (AvgIpc) is 2.67. The van der Waals surface area contributed by atoms with Crippen LogP contribution in [0.4, 0.5) is 5.69 Å². The van der Waals surface area contributed by atoms with Crippen LogP contribution in [0.1, 0.15) is 34.1 Å². The van der Waals surface area contributed by atoms with E-state index in [0.29, 0.717) is 56.7 Å². The van der Waals surface area contributed by atoms with Crippen LogP contribution in [0.25, 0.3) is 0 Å². The van der Waals surface area contributed by atoms with Crippen molar-refractivity contribution in [3.05, 3.63) is 24.3 Å². The van der Waals surface area contributed by atoms with Crippen molar-refractivity contribution in [3.63, 3.8) is 0 Å². The van der Waals surface area contributed by atoms with Gasteiger partial charge < -0.3 is 24.4 Å². The molecule has 2 amide bonds. The van der Waals surface area contributed by atoms with Gasteiger partial charge in [-0.15, -0.1) is 0 Å². The molecule has 1 aliphatic heterocycles. The van der Waals surface area contributed by atoms with Gasteiger partial charge in [0, 0.05) is 25.4 Å². The first-order chi connectivity index (χ1) is 13.3. The van der Waals surface area contributed by atoms with E-state index in [1.165, 1.54) is 0 Å². The Morgan fingerprint density at radius 3 is 2.43 bits per heavy atom. The number of rotatable bonds is 9. The highest BCUT2D eigenvalue weighted by molar-refractivity contribution is 5.97. The van der Waals surface area contributed by atoms with E-state index in [0.717, 1.165) is 0 Å². The summed E-state index contributed by atoms with van der Waals surface area (Å²) in [6, 6.07) is 6.99. The Morgan fingerprint density at radius 2 is 1.86 bits per heavy atom. The normalized spacial score (nSPS) is 16.5. The SMILES string of the molecule is CCOC(C)(CC(C)C)C(=O)Nc1ccc(OCC(=O)N2CCOCC2)cc1. The number of hydrogen-bond donors (Lipinski definition) is 1. The summed E-state index contributed by atoms with van der Waals surface area (Å²) in [6.45, 7) is 10.6. The molecule has 0 radical (unpaired) electrons. The maximum atomic E-state index is 12.7. The predicted octanol–water partition coefficient (Wildman–Crippen LogP) is 2.70. The van der Waals surface area contributed by atoms with Crippen LogP contribution in [0.2, 0.25) is 0 Å². The topological polar surface area (TPSA) is 77.1 Å². The van der Waals surface area contributed by atoms with Crippen LogP contribution in [-0.2, 0) is 19.1 Å². The van der Waals surface area contributed by atoms with Gasteiger partial charge in [-0.25, -0.2) is 0 Å². The minimum Gasteiger partial charge on any atom is -0.484 e. The highest BCUT2D eigenvalue weighted by atomic mass is 16.5. The number of amides is 2. The summed E-state index contributed by atoms with van der Waals surface area (Å²) in [7, 11) is 0. The quantitative estimate of drug-likeness (QED) is 0.699. The number of benzene rings is 1. The zero-order chi connectivity index (χ0) is 20.6. The molecule has 1 aromatic rings. The zero-order valence-corrected chi connectivity index (χ0v) is 17.3. The third-order valence-corrected chi connectivity index (χ3v) is 4.58. The van der Waals surface area contributed by atoms with Crippen LogP contribution in [0.3, 0.4) is 0 Å². The number of nitrogens with one attached hydrogen (secondary N) is 1. The van der Waals surface area contributed by atoms with E-state index in [-0.39, 0.29) is 18.4 Å². The minimum atomic E-state index is -0.872. The van der Waals surface area contributed by atoms with E-state index >= 15 is 0 Å². The summed E-state index contributed by atoms with van der Waals surface area (Å²) in [5.74, 6) is 0.692. The average molecular weight is 392 g/mol. The van der Waals surface area contributed by atoms with Crippen LogP contribution in [0, 0.1) is 5.92 Å². The highest BCUT2D eigenvalue weighted by Gasteiger charge is 2.34. The van der Waals surface area contributed by atoms with E-state index < -0.39 is 5.60 Å². The lowest BCUT2D eigenvalue weighted by Crippen LogP contribution is -2.44. The smallest absolute Gasteiger partial charge is 0.260 e. The fraction of sp³-hybridized carbons (Fsp3) is 0.619. The number of carbonyl (C=O) groups is 2. The molecule has 0 bridgehead atoms. The number of anilines is 1. The van der Waals surface area contributed by atoms with Crippen LogP contribution in [0.5, 0.6) is 5.75 Å². The summed E-state index contributed by atoms with van der Waals surface area (Å²) in [4.78, 5) is 26.6. The molecule has 2 rings (SSSR count). The Morgan fingerprint density at radius 1 is 1.21 bits per heavy atom. The molecule has 156 valence electrons. The van der Waals surface area contributed by atoms with Gasteiger partial charge in [-0.3, -0.25) is 9.59 Å². The van der Waals surface area contributed by atoms with Crippen molar-refractivity contribution in [1.82, 2.24) is 4.90 Å². The fourth-order valence-corrected chi connectivity index (χ4v) is 3.26. The van der Waals surface area contributed by atoms with Gasteiger partial charge in [-0.1, -0.05) is 13.8 Å². The first-order valence-corrected chi connectivity index (χ1v) is 9.88. The van der Waals surface area contributed by atoms with Crippen LogP contribution in [0.15, 0.2) is 24.3 Å². The van der Waals surface area contributed by atoms with Gasteiger partial charge in [0.25, 0.3) is 11.8 Å². The molecule has 0 aromatic heterocycles. The molecule has 28 heavy (non-hydrogen) atoms. The molecule has 1 N–H and O–H groups in total. The van der Waals surface area contributed by atoms with Gasteiger partial charge in [0.15, 0.2) is 6.61 Å². The highest BCUT2D eigenvalue weighted by Crippen LogP contribution is 2.24. The maximum Gasteiger partial charge on any atom is 0.260 e. The van der Waals surface area contributed by atoms with Gasteiger partial charge in [0.2, 0.25) is 0 Å². The fourth-order valence-electron chi connectivity index (χ4n) is 3.26. The van der Waals surface area contributed by atoms with Gasteiger partial charge in [-0.05, 0) is 50.5 Å². The molecule has 0 aliphatic carbocycles. The summed E-state index contributed by atoms with van der Waals surface area (Å²) in [5, 5.41) is 2.91. The summed E-state index contributed by atoms with van der Waals surface area (Å²) in [5.41, 5.74) is -0.214. The Kier molecular flexibility index (Phi) is 8.26. The molecule has 1 aromatic carbocycles. The van der Waals surface area contributed by atoms with Crippen LogP contribution < -0.4 is 10.1 Å². The summed E-state index contributed by atoms with van der Waals surface area (Å²) in [6.07, 6.45) is 0.636. The van der Waals surface area contributed by atoms with Gasteiger partial charge in [-0.2, -0.15) is 0 Å². The molecule has 1 heterocycles. The van der Waals surface area contributed by atoms with E-state index in [9.17, 15) is 9.59 Å². The number of nitrogens with zero attached hydrogens (tertiary/aromatic N) is 1. The van der Waals surface area contributed by atoms with E-state index in [2.05, 4.69) is 19.2 Å². The van der Waals surface area contributed by atoms with Crippen molar-refractivity contribution >= 4 is 17.5 Å². The maximum absolute atomic E-state index is 12.7. The van der Waals surface area contributed by atoms with E-state index in [4.69, 9.17) is 14.2 Å². The summed E-state index contributed by atoms with van der Waals surface area (Å²) >= 11 is 0. The number of carbonyl (C=O) groups excluding carboxylic acids is 2. The van der Waals surface area contributed by atoms with Crippen LogP contribution >= 0.6 is 0 Å². The van der Waals surface area contributed by atoms with Crippen molar-refractivity contribution in [2.45, 2.75) is 39.7 Å². The molecule has 1 atom stereocenters. The largest absolute Gasteiger partial charge is 0.484 e. The molecule has 1 fully saturated rings. The number of morpholine rings is 1. The Balaban J connectivity index is 1.88. The van der Waals surface area contributed by atoms with E-state index in [1.807, 2.05) is 13.8 Å². The Hall–Kier alpha value is -2.12. The molecule has 0 spiro atoms. The lowest BCUT2D eigenvalue weighted by molar-refractivity contribution is -0.140. The van der Waals surface area contributed by atoms with Crippen LogP contribution in [-0.4, -0.2) is 61.8 Å². The minimum absolute atomic E-state index is 0.0114. The first kappa shape index (κ1) is 22.2. The van der Waals surface area contributed by atoms with E-state index in [1.54, 1.807) is 29.2 Å². The van der Waals surface area contributed by atoms with Crippen molar-refractivity contribution in [2.24, 2.45) is 5.92 Å². The molecule has 1 unspecified atom stereocenters. The monoisotopic (exact) mass is 392 g/mol.